The van der Waals surface area contributed by atoms with Crippen LogP contribution in [0.3, 0.4) is 0 Å². The fourth-order valence-corrected chi connectivity index (χ4v) is 2.35. The van der Waals surface area contributed by atoms with Crippen molar-refractivity contribution in [1.82, 2.24) is 14.5 Å². The normalized spacial score (nSPS) is 30.1. The van der Waals surface area contributed by atoms with Gasteiger partial charge in [0, 0.05) is 6.07 Å². The van der Waals surface area contributed by atoms with Gasteiger partial charge in [-0.25, -0.2) is 9.97 Å². The third-order valence-electron chi connectivity index (χ3n) is 3.37. The number of aliphatic hydroxyl groups excluding tert-OH is 3. The second kappa shape index (κ2) is 4.56. The molecule has 20 heavy (non-hydrogen) atoms. The van der Waals surface area contributed by atoms with Gasteiger partial charge >= 0.3 is 0 Å². The van der Waals surface area contributed by atoms with E-state index in [1.165, 1.54) is 17.0 Å². The van der Waals surface area contributed by atoms with Crippen LogP contribution >= 0.6 is 0 Å². The average Bonchev–Trinajstić information content (AvgIpc) is 2.93. The van der Waals surface area contributed by atoms with Crippen molar-refractivity contribution in [2.45, 2.75) is 24.5 Å². The molecule has 4 atom stereocenters. The number of ether oxygens (including phenoxy) is 1. The van der Waals surface area contributed by atoms with Gasteiger partial charge in [0.25, 0.3) is 0 Å². The molecule has 9 nitrogen and oxygen atoms in total. The van der Waals surface area contributed by atoms with Crippen LogP contribution in [-0.4, -0.2) is 54.8 Å². The smallest absolute Gasteiger partial charge is 0.166 e. The zero-order valence-corrected chi connectivity index (χ0v) is 10.4. The van der Waals surface area contributed by atoms with Crippen molar-refractivity contribution in [2.75, 3.05) is 18.1 Å². The Bertz CT molecular complexity index is 645. The predicted octanol–water partition coefficient (Wildman–Crippen LogP) is -1.79. The van der Waals surface area contributed by atoms with Gasteiger partial charge in [-0.3, -0.25) is 4.57 Å². The Morgan fingerprint density at radius 1 is 1.30 bits per heavy atom. The third-order valence-corrected chi connectivity index (χ3v) is 3.37. The Labute approximate surface area is 113 Å². The molecule has 7 N–H and O–H groups in total. The molecule has 1 aliphatic rings. The molecule has 0 saturated carbocycles. The van der Waals surface area contributed by atoms with E-state index < -0.39 is 31.1 Å². The molecule has 1 aliphatic heterocycles. The number of aliphatic hydroxyl groups is 3. The van der Waals surface area contributed by atoms with Crippen molar-refractivity contribution in [3.63, 3.8) is 0 Å². The summed E-state index contributed by atoms with van der Waals surface area (Å²) in [5, 5.41) is 28.9. The standard InChI is InChI=1S/C11H15N5O4/c12-4-1-6(13)15-10-7(4)14-3-16(10)11-9(19)8(18)5(2-17)20-11/h1,3,5,8-9,11,17-19H,2H2,(H4,12,13,15)/t5-,8-,9-,11-/m1/s1. The highest BCUT2D eigenvalue weighted by molar-refractivity contribution is 5.86. The number of rotatable bonds is 2. The average molecular weight is 281 g/mol. The Hall–Kier alpha value is -1.94. The lowest BCUT2D eigenvalue weighted by molar-refractivity contribution is -0.0511. The number of nitrogens with zero attached hydrogens (tertiary/aromatic N) is 3. The Balaban J connectivity index is 2.07. The maximum Gasteiger partial charge on any atom is 0.166 e. The van der Waals surface area contributed by atoms with Crippen LogP contribution < -0.4 is 11.5 Å². The van der Waals surface area contributed by atoms with Crippen molar-refractivity contribution in [3.8, 4) is 0 Å². The Kier molecular flexibility index (Phi) is 2.98. The molecule has 0 aliphatic carbocycles. The minimum atomic E-state index is -1.21. The van der Waals surface area contributed by atoms with Crippen LogP contribution in [0, 0.1) is 0 Å². The molecule has 2 aromatic rings. The predicted molar refractivity (Wildman–Crippen MR) is 69.4 cm³/mol. The number of nitrogen functional groups attached to an aromatic ring is 2. The second-order valence-electron chi connectivity index (χ2n) is 4.69. The fourth-order valence-electron chi connectivity index (χ4n) is 2.35. The summed E-state index contributed by atoms with van der Waals surface area (Å²) in [5.74, 6) is 0.212. The van der Waals surface area contributed by atoms with E-state index in [1.807, 2.05) is 0 Å². The van der Waals surface area contributed by atoms with Gasteiger partial charge < -0.3 is 31.5 Å². The summed E-state index contributed by atoms with van der Waals surface area (Å²) in [6.45, 7) is -0.404. The molecule has 9 heteroatoms. The molecular weight excluding hydrogens is 266 g/mol. The van der Waals surface area contributed by atoms with Crippen LogP contribution in [0.25, 0.3) is 11.2 Å². The molecule has 1 saturated heterocycles. The highest BCUT2D eigenvalue weighted by atomic mass is 16.6. The summed E-state index contributed by atoms with van der Waals surface area (Å²) in [6.07, 6.45) is -2.80. The molecule has 3 heterocycles. The molecule has 0 amide bonds. The third kappa shape index (κ3) is 1.79. The van der Waals surface area contributed by atoms with Crippen molar-refractivity contribution in [2.24, 2.45) is 0 Å². The maximum absolute atomic E-state index is 10.0. The zero-order valence-electron chi connectivity index (χ0n) is 10.4. The Morgan fingerprint density at radius 2 is 2.05 bits per heavy atom. The number of hydrogen-bond donors (Lipinski definition) is 5. The number of imidazole rings is 1. The summed E-state index contributed by atoms with van der Waals surface area (Å²) in [4.78, 5) is 8.21. The van der Waals surface area contributed by atoms with Crippen LogP contribution in [-0.2, 0) is 4.74 Å². The van der Waals surface area contributed by atoms with E-state index >= 15 is 0 Å². The number of hydrogen-bond acceptors (Lipinski definition) is 8. The topological polar surface area (TPSA) is 153 Å². The zero-order chi connectivity index (χ0) is 14.4. The van der Waals surface area contributed by atoms with E-state index in [2.05, 4.69) is 9.97 Å². The van der Waals surface area contributed by atoms with Gasteiger partial charge in [0.2, 0.25) is 0 Å². The highest BCUT2D eigenvalue weighted by Gasteiger charge is 2.43. The van der Waals surface area contributed by atoms with E-state index in [-0.39, 0.29) is 5.82 Å². The molecule has 0 radical (unpaired) electrons. The molecule has 2 aromatic heterocycles. The van der Waals surface area contributed by atoms with Crippen LogP contribution in [0.1, 0.15) is 6.23 Å². The first-order chi connectivity index (χ1) is 9.52. The number of anilines is 2. The van der Waals surface area contributed by atoms with Crippen molar-refractivity contribution in [3.05, 3.63) is 12.4 Å². The molecule has 0 unspecified atom stereocenters. The SMILES string of the molecule is Nc1cc(N)c2ncn([C@@H]3O[C@H](CO)[C@@H](O)[C@H]3O)c2n1. The number of aromatic nitrogens is 3. The lowest BCUT2D eigenvalue weighted by Crippen LogP contribution is -2.33. The number of nitrogens with two attached hydrogens (primary N) is 2. The first-order valence-corrected chi connectivity index (χ1v) is 6.04. The van der Waals surface area contributed by atoms with E-state index in [0.29, 0.717) is 16.9 Å². The van der Waals surface area contributed by atoms with Crippen LogP contribution in [0.5, 0.6) is 0 Å². The number of fused-ring (bicyclic) bond motifs is 1. The summed E-state index contributed by atoms with van der Waals surface area (Å²) in [5.41, 5.74) is 12.6. The molecule has 1 fully saturated rings. The summed E-state index contributed by atoms with van der Waals surface area (Å²) in [6, 6.07) is 1.48. The minimum absolute atomic E-state index is 0.212. The summed E-state index contributed by atoms with van der Waals surface area (Å²) in [7, 11) is 0. The van der Waals surface area contributed by atoms with Crippen LogP contribution in [0.4, 0.5) is 11.5 Å². The first-order valence-electron chi connectivity index (χ1n) is 6.04. The molecule has 0 bridgehead atoms. The van der Waals surface area contributed by atoms with Gasteiger partial charge in [0.05, 0.1) is 18.6 Å². The first kappa shape index (κ1) is 13.1. The van der Waals surface area contributed by atoms with Gasteiger partial charge in [-0.2, -0.15) is 0 Å². The van der Waals surface area contributed by atoms with Crippen molar-refractivity contribution in [1.29, 1.82) is 0 Å². The molecule has 0 aromatic carbocycles. The van der Waals surface area contributed by atoms with Crippen LogP contribution in [0.15, 0.2) is 12.4 Å². The molecular formula is C11H15N5O4. The molecule has 0 spiro atoms. The Morgan fingerprint density at radius 3 is 2.70 bits per heavy atom. The van der Waals surface area contributed by atoms with Gasteiger partial charge in [0.1, 0.15) is 29.6 Å². The van der Waals surface area contributed by atoms with Crippen molar-refractivity contribution < 1.29 is 20.1 Å². The quantitative estimate of drug-likeness (QED) is 0.432. The van der Waals surface area contributed by atoms with Gasteiger partial charge in [-0.05, 0) is 0 Å². The lowest BCUT2D eigenvalue weighted by atomic mass is 10.1. The monoisotopic (exact) mass is 281 g/mol. The summed E-state index contributed by atoms with van der Waals surface area (Å²) < 4.78 is 6.85. The van der Waals surface area contributed by atoms with E-state index in [4.69, 9.17) is 21.3 Å². The molecule has 108 valence electrons. The lowest BCUT2D eigenvalue weighted by Gasteiger charge is -2.16. The summed E-state index contributed by atoms with van der Waals surface area (Å²) >= 11 is 0. The minimum Gasteiger partial charge on any atom is -0.397 e. The van der Waals surface area contributed by atoms with E-state index in [1.54, 1.807) is 0 Å². The maximum atomic E-state index is 10.0. The highest BCUT2D eigenvalue weighted by Crippen LogP contribution is 2.32. The van der Waals surface area contributed by atoms with Gasteiger partial charge in [0.15, 0.2) is 11.9 Å². The van der Waals surface area contributed by atoms with E-state index in [0.717, 1.165) is 0 Å². The second-order valence-corrected chi connectivity index (χ2v) is 4.69. The van der Waals surface area contributed by atoms with Gasteiger partial charge in [-0.1, -0.05) is 0 Å². The fraction of sp³-hybridized carbons (Fsp3) is 0.455. The largest absolute Gasteiger partial charge is 0.397 e. The number of pyridine rings is 1. The van der Waals surface area contributed by atoms with Crippen LogP contribution in [0.2, 0.25) is 0 Å². The van der Waals surface area contributed by atoms with Crippen molar-refractivity contribution >= 4 is 22.7 Å². The van der Waals surface area contributed by atoms with Gasteiger partial charge in [-0.15, -0.1) is 0 Å². The molecule has 3 rings (SSSR count). The van der Waals surface area contributed by atoms with E-state index in [9.17, 15) is 10.2 Å².